The predicted octanol–water partition coefficient (Wildman–Crippen LogP) is 3.22. The zero-order chi connectivity index (χ0) is 20.9. The highest BCUT2D eigenvalue weighted by Gasteiger charge is 2.29. The molecule has 3 aromatic heterocycles. The molecule has 3 aromatic rings. The van der Waals surface area contributed by atoms with Gasteiger partial charge in [0.05, 0.1) is 16.8 Å². The van der Waals surface area contributed by atoms with Gasteiger partial charge in [-0.3, -0.25) is 9.48 Å². The molecule has 154 valence electrons. The van der Waals surface area contributed by atoms with Crippen molar-refractivity contribution in [2.75, 3.05) is 0 Å². The van der Waals surface area contributed by atoms with Gasteiger partial charge in [-0.25, -0.2) is 18.4 Å². The Bertz CT molecular complexity index is 1100. The molecule has 1 aliphatic carbocycles. The van der Waals surface area contributed by atoms with Crippen LogP contribution < -0.4 is 5.32 Å². The molecule has 0 aromatic carbocycles. The van der Waals surface area contributed by atoms with E-state index in [0.717, 1.165) is 29.8 Å². The van der Waals surface area contributed by atoms with Crippen molar-refractivity contribution in [3.63, 3.8) is 0 Å². The van der Waals surface area contributed by atoms with Crippen molar-refractivity contribution in [1.29, 1.82) is 0 Å². The third kappa shape index (κ3) is 3.61. The summed E-state index contributed by atoms with van der Waals surface area (Å²) in [6.45, 7) is 5.79. The van der Waals surface area contributed by atoms with Crippen LogP contribution in [0.15, 0.2) is 6.07 Å². The lowest BCUT2D eigenvalue weighted by atomic mass is 10.1. The molecule has 9 heteroatoms. The van der Waals surface area contributed by atoms with Gasteiger partial charge in [0.1, 0.15) is 6.54 Å². The first-order valence-electron chi connectivity index (χ1n) is 9.68. The van der Waals surface area contributed by atoms with E-state index in [2.05, 4.69) is 20.5 Å². The Labute approximate surface area is 167 Å². The maximum Gasteiger partial charge on any atom is 0.264 e. The molecule has 0 saturated heterocycles. The molecule has 4 rings (SSSR count). The summed E-state index contributed by atoms with van der Waals surface area (Å²) in [6.07, 6.45) is -0.697. The van der Waals surface area contributed by atoms with Gasteiger partial charge in [-0.1, -0.05) is 0 Å². The molecular formula is C20H24F2N6O. The van der Waals surface area contributed by atoms with Crippen molar-refractivity contribution in [2.45, 2.75) is 59.0 Å². The summed E-state index contributed by atoms with van der Waals surface area (Å²) in [6, 6.07) is 1.50. The average molecular weight is 402 g/mol. The Kier molecular flexibility index (Phi) is 4.84. The van der Waals surface area contributed by atoms with E-state index in [1.54, 1.807) is 11.6 Å². The molecule has 1 saturated carbocycles. The summed E-state index contributed by atoms with van der Waals surface area (Å²) in [4.78, 5) is 17.1. The van der Waals surface area contributed by atoms with E-state index in [1.807, 2.05) is 20.9 Å². The molecule has 0 atom stereocenters. The number of halogens is 2. The van der Waals surface area contributed by atoms with Gasteiger partial charge >= 0.3 is 0 Å². The van der Waals surface area contributed by atoms with Crippen molar-refractivity contribution >= 4 is 16.9 Å². The van der Waals surface area contributed by atoms with Gasteiger partial charge in [0.15, 0.2) is 5.65 Å². The topological polar surface area (TPSA) is 77.6 Å². The van der Waals surface area contributed by atoms with E-state index in [1.165, 1.54) is 10.7 Å². The number of aromatic nitrogens is 5. The van der Waals surface area contributed by atoms with Crippen molar-refractivity contribution in [3.05, 3.63) is 40.0 Å². The molecular weight excluding hydrogens is 378 g/mol. The maximum atomic E-state index is 13.6. The highest BCUT2D eigenvalue weighted by molar-refractivity contribution is 5.85. The SMILES string of the molecule is Cc1nn(C)c(C)c1CNC(=O)Cn1nc(C)c2c(C(F)F)cc(C3CC3)nc21. The van der Waals surface area contributed by atoms with E-state index < -0.39 is 6.43 Å². The van der Waals surface area contributed by atoms with E-state index >= 15 is 0 Å². The molecule has 7 nitrogen and oxygen atoms in total. The number of aryl methyl sites for hydroxylation is 3. The van der Waals surface area contributed by atoms with Crippen molar-refractivity contribution in [1.82, 2.24) is 29.9 Å². The fourth-order valence-electron chi connectivity index (χ4n) is 3.73. The van der Waals surface area contributed by atoms with Crippen LogP contribution in [0.25, 0.3) is 11.0 Å². The number of alkyl halides is 2. The minimum Gasteiger partial charge on any atom is -0.350 e. The molecule has 0 spiro atoms. The lowest BCUT2D eigenvalue weighted by molar-refractivity contribution is -0.121. The zero-order valence-corrected chi connectivity index (χ0v) is 17.0. The summed E-state index contributed by atoms with van der Waals surface area (Å²) in [5, 5.41) is 11.9. The number of rotatable bonds is 6. The third-order valence-electron chi connectivity index (χ3n) is 5.57. The van der Waals surface area contributed by atoms with Gasteiger partial charge in [0.2, 0.25) is 5.91 Å². The number of hydrogen-bond donors (Lipinski definition) is 1. The fourth-order valence-corrected chi connectivity index (χ4v) is 3.73. The average Bonchev–Trinajstić information content (AvgIpc) is 3.42. The Balaban J connectivity index is 1.59. The fraction of sp³-hybridized carbons (Fsp3) is 0.500. The second kappa shape index (κ2) is 7.20. The number of amides is 1. The molecule has 0 bridgehead atoms. The summed E-state index contributed by atoms with van der Waals surface area (Å²) < 4.78 is 30.5. The first kappa shape index (κ1) is 19.5. The minimum atomic E-state index is -2.61. The van der Waals surface area contributed by atoms with Crippen molar-refractivity contribution in [3.8, 4) is 0 Å². The van der Waals surface area contributed by atoms with Crippen molar-refractivity contribution < 1.29 is 13.6 Å². The van der Waals surface area contributed by atoms with Crippen LogP contribution in [0, 0.1) is 20.8 Å². The standard InChI is InChI=1S/C20H24F2N6O/c1-10-15(12(3)27(4)25-10)8-23-17(29)9-28-20-18(11(2)26-28)14(19(21)22)7-16(24-20)13-5-6-13/h7,13,19H,5-6,8-9H2,1-4H3,(H,23,29). The van der Waals surface area contributed by atoms with Gasteiger partial charge in [0, 0.05) is 42.0 Å². The van der Waals surface area contributed by atoms with Crippen LogP contribution in [-0.4, -0.2) is 30.5 Å². The van der Waals surface area contributed by atoms with Crippen LogP contribution in [0.3, 0.4) is 0 Å². The molecule has 0 aliphatic heterocycles. The van der Waals surface area contributed by atoms with Crippen LogP contribution in [0.2, 0.25) is 0 Å². The molecule has 0 unspecified atom stereocenters. The number of carbonyl (C=O) groups is 1. The van der Waals surface area contributed by atoms with Gasteiger partial charge in [-0.05, 0) is 39.7 Å². The van der Waals surface area contributed by atoms with Gasteiger partial charge in [0.25, 0.3) is 6.43 Å². The molecule has 3 heterocycles. The smallest absolute Gasteiger partial charge is 0.264 e. The van der Waals surface area contributed by atoms with Gasteiger partial charge < -0.3 is 5.32 Å². The summed E-state index contributed by atoms with van der Waals surface area (Å²) >= 11 is 0. The normalized spacial score (nSPS) is 14.2. The van der Waals surface area contributed by atoms with Crippen LogP contribution in [-0.2, 0) is 24.9 Å². The molecule has 1 fully saturated rings. The van der Waals surface area contributed by atoms with E-state index in [4.69, 9.17) is 0 Å². The maximum absolute atomic E-state index is 13.6. The molecule has 1 N–H and O–H groups in total. The highest BCUT2D eigenvalue weighted by atomic mass is 19.3. The number of nitrogens with zero attached hydrogens (tertiary/aromatic N) is 5. The van der Waals surface area contributed by atoms with Gasteiger partial charge in [-0.2, -0.15) is 10.2 Å². The largest absolute Gasteiger partial charge is 0.350 e. The molecule has 0 radical (unpaired) electrons. The quantitative estimate of drug-likeness (QED) is 0.687. The summed E-state index contributed by atoms with van der Waals surface area (Å²) in [7, 11) is 1.86. The van der Waals surface area contributed by atoms with E-state index in [0.29, 0.717) is 29.0 Å². The Morgan fingerprint density at radius 3 is 2.55 bits per heavy atom. The first-order chi connectivity index (χ1) is 13.8. The molecule has 1 amide bonds. The van der Waals surface area contributed by atoms with E-state index in [9.17, 15) is 13.6 Å². The molecule has 29 heavy (non-hydrogen) atoms. The van der Waals surface area contributed by atoms with Crippen LogP contribution in [0.5, 0.6) is 0 Å². The number of nitrogens with one attached hydrogen (secondary N) is 1. The lowest BCUT2D eigenvalue weighted by Gasteiger charge is -2.09. The molecule has 1 aliphatic rings. The number of fused-ring (bicyclic) bond motifs is 1. The second-order valence-electron chi connectivity index (χ2n) is 7.70. The van der Waals surface area contributed by atoms with Gasteiger partial charge in [-0.15, -0.1) is 0 Å². The first-order valence-corrected chi connectivity index (χ1v) is 9.68. The monoisotopic (exact) mass is 402 g/mol. The number of carbonyl (C=O) groups excluding carboxylic acids is 1. The van der Waals surface area contributed by atoms with Crippen LogP contribution in [0.1, 0.15) is 59.1 Å². The minimum absolute atomic E-state index is 0.0531. The summed E-state index contributed by atoms with van der Waals surface area (Å²) in [5.74, 6) is -0.0276. The summed E-state index contributed by atoms with van der Waals surface area (Å²) in [5.41, 5.74) is 4.24. The second-order valence-corrected chi connectivity index (χ2v) is 7.70. The third-order valence-corrected chi connectivity index (χ3v) is 5.57. The number of hydrogen-bond acceptors (Lipinski definition) is 4. The van der Waals surface area contributed by atoms with Crippen LogP contribution >= 0.6 is 0 Å². The zero-order valence-electron chi connectivity index (χ0n) is 17.0. The lowest BCUT2D eigenvalue weighted by Crippen LogP contribution is -2.28. The predicted molar refractivity (Wildman–Crippen MR) is 104 cm³/mol. The highest BCUT2D eigenvalue weighted by Crippen LogP contribution is 2.41. The Morgan fingerprint density at radius 2 is 1.97 bits per heavy atom. The van der Waals surface area contributed by atoms with E-state index in [-0.39, 0.29) is 23.9 Å². The number of pyridine rings is 1. The van der Waals surface area contributed by atoms with Crippen LogP contribution in [0.4, 0.5) is 8.78 Å². The Morgan fingerprint density at radius 1 is 1.24 bits per heavy atom. The Hall–Kier alpha value is -2.84. The van der Waals surface area contributed by atoms with Crippen molar-refractivity contribution in [2.24, 2.45) is 7.05 Å².